The van der Waals surface area contributed by atoms with Gasteiger partial charge in [0.25, 0.3) is 0 Å². The fourth-order valence-electron chi connectivity index (χ4n) is 2.61. The first-order valence-corrected chi connectivity index (χ1v) is 7.34. The molecule has 0 aromatic carbocycles. The van der Waals surface area contributed by atoms with Crippen molar-refractivity contribution in [1.82, 2.24) is 4.90 Å². The predicted molar refractivity (Wildman–Crippen MR) is 84.8 cm³/mol. The van der Waals surface area contributed by atoms with E-state index < -0.39 is 0 Å². The van der Waals surface area contributed by atoms with Crippen LogP contribution in [0.3, 0.4) is 0 Å². The Morgan fingerprint density at radius 3 is 2.71 bits per heavy atom. The summed E-state index contributed by atoms with van der Waals surface area (Å²) >= 11 is 0. The lowest BCUT2D eigenvalue weighted by molar-refractivity contribution is -0.134. The standard InChI is InChI=1S/C17H27NO3/c1-7-8-15(20-6)16-13(4)11-18(17(16)19)9-10-21-14(5)12(2)3/h7-8,13,15-16H,2,5,9-11H2,1,3-4,6H3. The molecule has 4 heteroatoms. The summed E-state index contributed by atoms with van der Waals surface area (Å²) in [5, 5.41) is 0. The maximum absolute atomic E-state index is 12.5. The molecule has 0 aliphatic carbocycles. The number of ether oxygens (including phenoxy) is 2. The van der Waals surface area contributed by atoms with Gasteiger partial charge in [-0.1, -0.05) is 32.2 Å². The molecule has 0 aromatic rings. The van der Waals surface area contributed by atoms with Gasteiger partial charge in [0.15, 0.2) is 0 Å². The summed E-state index contributed by atoms with van der Waals surface area (Å²) in [6, 6.07) is 0. The molecule has 1 rings (SSSR count). The summed E-state index contributed by atoms with van der Waals surface area (Å²) < 4.78 is 10.9. The van der Waals surface area contributed by atoms with Gasteiger partial charge in [-0.05, 0) is 25.3 Å². The molecule has 4 nitrogen and oxygen atoms in total. The highest BCUT2D eigenvalue weighted by Gasteiger charge is 2.41. The highest BCUT2D eigenvalue weighted by Crippen LogP contribution is 2.29. The van der Waals surface area contributed by atoms with Gasteiger partial charge < -0.3 is 14.4 Å². The Kier molecular flexibility index (Phi) is 6.69. The van der Waals surface area contributed by atoms with Crippen molar-refractivity contribution in [2.75, 3.05) is 26.8 Å². The predicted octanol–water partition coefficient (Wildman–Crippen LogP) is 2.78. The molecule has 118 valence electrons. The van der Waals surface area contributed by atoms with Gasteiger partial charge in [-0.3, -0.25) is 4.79 Å². The number of rotatable bonds is 8. The first-order valence-electron chi connectivity index (χ1n) is 7.34. The van der Waals surface area contributed by atoms with E-state index >= 15 is 0 Å². The van der Waals surface area contributed by atoms with Gasteiger partial charge in [0.05, 0.1) is 18.6 Å². The van der Waals surface area contributed by atoms with Crippen LogP contribution in [-0.2, 0) is 14.3 Å². The Balaban J connectivity index is 2.58. The van der Waals surface area contributed by atoms with Crippen molar-refractivity contribution in [2.45, 2.75) is 26.9 Å². The van der Waals surface area contributed by atoms with Crippen molar-refractivity contribution in [3.63, 3.8) is 0 Å². The van der Waals surface area contributed by atoms with Crippen molar-refractivity contribution in [3.8, 4) is 0 Å². The zero-order valence-corrected chi connectivity index (χ0v) is 13.6. The molecule has 1 aliphatic rings. The zero-order valence-electron chi connectivity index (χ0n) is 13.6. The smallest absolute Gasteiger partial charge is 0.229 e. The van der Waals surface area contributed by atoms with Crippen molar-refractivity contribution in [3.05, 3.63) is 36.6 Å². The van der Waals surface area contributed by atoms with Crippen LogP contribution >= 0.6 is 0 Å². The molecule has 3 atom stereocenters. The minimum absolute atomic E-state index is 0.115. The van der Waals surface area contributed by atoms with E-state index in [-0.39, 0.29) is 23.8 Å². The lowest BCUT2D eigenvalue weighted by Gasteiger charge is -2.21. The second kappa shape index (κ2) is 8.03. The number of hydrogen-bond acceptors (Lipinski definition) is 3. The first-order chi connectivity index (χ1) is 9.92. The van der Waals surface area contributed by atoms with E-state index in [0.717, 1.165) is 12.1 Å². The lowest BCUT2D eigenvalue weighted by Crippen LogP contribution is -2.34. The number of allylic oxidation sites excluding steroid dienone is 2. The molecule has 0 N–H and O–H groups in total. The largest absolute Gasteiger partial charge is 0.492 e. The van der Waals surface area contributed by atoms with Crippen molar-refractivity contribution < 1.29 is 14.3 Å². The summed E-state index contributed by atoms with van der Waals surface area (Å²) in [7, 11) is 1.65. The van der Waals surface area contributed by atoms with Gasteiger partial charge in [0.2, 0.25) is 5.91 Å². The van der Waals surface area contributed by atoms with Crippen LogP contribution < -0.4 is 0 Å². The number of amides is 1. The Hall–Kier alpha value is -1.55. The average Bonchev–Trinajstić information content (AvgIpc) is 2.71. The topological polar surface area (TPSA) is 38.8 Å². The van der Waals surface area contributed by atoms with E-state index in [9.17, 15) is 4.79 Å². The quantitative estimate of drug-likeness (QED) is 0.392. The molecule has 0 saturated carbocycles. The molecule has 0 aromatic heterocycles. The molecule has 0 spiro atoms. The first kappa shape index (κ1) is 17.5. The molecule has 0 radical (unpaired) electrons. The van der Waals surface area contributed by atoms with Gasteiger partial charge in [-0.25, -0.2) is 0 Å². The minimum atomic E-state index is -0.159. The monoisotopic (exact) mass is 293 g/mol. The molecule has 1 aliphatic heterocycles. The summed E-state index contributed by atoms with van der Waals surface area (Å²) in [4.78, 5) is 14.4. The highest BCUT2D eigenvalue weighted by molar-refractivity contribution is 5.82. The number of carbonyl (C=O) groups excluding carboxylic acids is 1. The molecular formula is C17H27NO3. The van der Waals surface area contributed by atoms with Gasteiger partial charge in [0.1, 0.15) is 12.4 Å². The third-order valence-electron chi connectivity index (χ3n) is 3.84. The van der Waals surface area contributed by atoms with Gasteiger partial charge in [0, 0.05) is 13.7 Å². The summed E-state index contributed by atoms with van der Waals surface area (Å²) in [6.07, 6.45) is 3.72. The highest BCUT2D eigenvalue weighted by atomic mass is 16.5. The fraction of sp³-hybridized carbons (Fsp3) is 0.588. The number of methoxy groups -OCH3 is 1. The van der Waals surface area contributed by atoms with Crippen LogP contribution in [0.15, 0.2) is 36.6 Å². The average molecular weight is 293 g/mol. The maximum Gasteiger partial charge on any atom is 0.229 e. The molecule has 3 unspecified atom stereocenters. The Bertz CT molecular complexity index is 428. The van der Waals surface area contributed by atoms with Crippen LogP contribution in [-0.4, -0.2) is 43.7 Å². The van der Waals surface area contributed by atoms with Crippen LogP contribution in [0, 0.1) is 11.8 Å². The van der Waals surface area contributed by atoms with Crippen molar-refractivity contribution >= 4 is 5.91 Å². The van der Waals surface area contributed by atoms with Gasteiger partial charge >= 0.3 is 0 Å². The van der Waals surface area contributed by atoms with Crippen LogP contribution in [0.4, 0.5) is 0 Å². The number of nitrogens with zero attached hydrogens (tertiary/aromatic N) is 1. The van der Waals surface area contributed by atoms with E-state index in [1.54, 1.807) is 7.11 Å². The van der Waals surface area contributed by atoms with Crippen molar-refractivity contribution in [2.24, 2.45) is 11.8 Å². The van der Waals surface area contributed by atoms with Gasteiger partial charge in [-0.15, -0.1) is 0 Å². The van der Waals surface area contributed by atoms with Crippen LogP contribution in [0.5, 0.6) is 0 Å². The normalized spacial score (nSPS) is 23.6. The number of likely N-dealkylation sites (tertiary alicyclic amines) is 1. The minimum Gasteiger partial charge on any atom is -0.492 e. The van der Waals surface area contributed by atoms with E-state index in [1.807, 2.05) is 30.9 Å². The SMILES string of the molecule is C=C(C)C(=C)OCCN1CC(C)C(C(C=CC)OC)C1=O. The van der Waals surface area contributed by atoms with E-state index in [4.69, 9.17) is 9.47 Å². The molecule has 1 saturated heterocycles. The second-order valence-electron chi connectivity index (χ2n) is 5.57. The molecule has 1 heterocycles. The molecule has 1 amide bonds. The van der Waals surface area contributed by atoms with E-state index in [1.165, 1.54) is 0 Å². The van der Waals surface area contributed by atoms with Crippen molar-refractivity contribution in [1.29, 1.82) is 0 Å². The maximum atomic E-state index is 12.5. The number of carbonyl (C=O) groups is 1. The van der Waals surface area contributed by atoms with E-state index in [0.29, 0.717) is 18.9 Å². The Morgan fingerprint density at radius 1 is 1.52 bits per heavy atom. The third-order valence-corrected chi connectivity index (χ3v) is 3.84. The molecule has 0 bridgehead atoms. The van der Waals surface area contributed by atoms with Crippen LogP contribution in [0.2, 0.25) is 0 Å². The fourth-order valence-corrected chi connectivity index (χ4v) is 2.61. The molecule has 21 heavy (non-hydrogen) atoms. The molecule has 1 fully saturated rings. The van der Waals surface area contributed by atoms with Crippen LogP contribution in [0.1, 0.15) is 20.8 Å². The third kappa shape index (κ3) is 4.46. The molecular weight excluding hydrogens is 266 g/mol. The zero-order chi connectivity index (χ0) is 16.0. The van der Waals surface area contributed by atoms with E-state index in [2.05, 4.69) is 20.1 Å². The number of hydrogen-bond donors (Lipinski definition) is 0. The van der Waals surface area contributed by atoms with Gasteiger partial charge in [-0.2, -0.15) is 0 Å². The van der Waals surface area contributed by atoms with Crippen LogP contribution in [0.25, 0.3) is 0 Å². The summed E-state index contributed by atoms with van der Waals surface area (Å²) in [5.41, 5.74) is 0.807. The summed E-state index contributed by atoms with van der Waals surface area (Å²) in [5.74, 6) is 0.866. The Morgan fingerprint density at radius 2 is 2.19 bits per heavy atom. The Labute approximate surface area is 128 Å². The lowest BCUT2D eigenvalue weighted by atomic mass is 9.91. The second-order valence-corrected chi connectivity index (χ2v) is 5.57. The summed E-state index contributed by atoms with van der Waals surface area (Å²) in [6.45, 7) is 15.2.